The molecule has 0 aromatic heterocycles. The standard InChI is InChI=1S/C35H60I2N4O7S/c1-25-14-16-26(17-15-25)11-10-13-29(42)38-22-9-8-12-27(31(44)45)40-33(47)34(2,3)21-24-48-35(4,5)20-23-39-30(43)19-18-28(32(46)49-7)41-37(6)36/h14-17,27-28,30,39,41,43H,8-13,18-24H2,1-7H3,(H,38,42)(H,40,47)(H,44,45). The molecule has 0 bridgehead atoms. The fraction of sp³-hybridized carbons (Fsp3) is 0.714. The van der Waals surface area contributed by atoms with E-state index in [1.807, 2.05) is 20.8 Å². The third-order valence-electron chi connectivity index (χ3n) is 8.27. The summed E-state index contributed by atoms with van der Waals surface area (Å²) in [6.45, 7) is 10.8. The van der Waals surface area contributed by atoms with E-state index in [-0.39, 0.29) is 29.4 Å². The molecule has 3 unspecified atom stereocenters. The van der Waals surface area contributed by atoms with Crippen LogP contribution in [0.5, 0.6) is 0 Å². The summed E-state index contributed by atoms with van der Waals surface area (Å²) in [5.41, 5.74) is 1.06. The zero-order chi connectivity index (χ0) is 37.0. The molecular formula is C35H60I2N4O7S. The molecule has 14 heteroatoms. The SMILES string of the molecule is CSC(=O)C(CCC(O)NCCC(C)(C)OCCC(C)(C)C(=O)NC(CCCCNC(=O)CCCc1ccc(C)cc1)C(=O)O)NI(C)I. The number of halogens is 2. The summed E-state index contributed by atoms with van der Waals surface area (Å²) in [5, 5.41) is 28.9. The van der Waals surface area contributed by atoms with Gasteiger partial charge in [0.2, 0.25) is 11.8 Å². The van der Waals surface area contributed by atoms with E-state index in [2.05, 4.69) is 67.3 Å². The first-order valence-electron chi connectivity index (χ1n) is 17.0. The van der Waals surface area contributed by atoms with Gasteiger partial charge in [0.25, 0.3) is 0 Å². The van der Waals surface area contributed by atoms with E-state index in [4.69, 9.17) is 4.74 Å². The molecule has 0 heterocycles. The molecule has 1 aromatic rings. The Hall–Kier alpha value is -1.05. The monoisotopic (exact) mass is 934 g/mol. The Morgan fingerprint density at radius 1 is 0.959 bits per heavy atom. The molecule has 1 aromatic carbocycles. The number of benzene rings is 1. The number of carboxylic acid groups (broad SMARTS) is 1. The summed E-state index contributed by atoms with van der Waals surface area (Å²) in [6.07, 6.45) is 6.58. The number of aryl methyl sites for hydroxylation is 2. The summed E-state index contributed by atoms with van der Waals surface area (Å²) >= 11 is 2.25. The Balaban J connectivity index is 2.34. The number of hydrogen-bond acceptors (Lipinski definition) is 9. The second kappa shape index (κ2) is 24.2. The van der Waals surface area contributed by atoms with Crippen molar-refractivity contribution in [2.45, 2.75) is 123 Å². The van der Waals surface area contributed by atoms with Gasteiger partial charge >= 0.3 is 163 Å². The van der Waals surface area contributed by atoms with Gasteiger partial charge in [0.1, 0.15) is 6.04 Å². The van der Waals surface area contributed by atoms with Crippen LogP contribution in [-0.2, 0) is 30.3 Å². The van der Waals surface area contributed by atoms with Crippen molar-refractivity contribution in [3.63, 3.8) is 0 Å². The van der Waals surface area contributed by atoms with Crippen LogP contribution < -0.4 is 19.5 Å². The van der Waals surface area contributed by atoms with Crippen molar-refractivity contribution in [3.8, 4) is 0 Å². The number of hydrogen-bond donors (Lipinski definition) is 6. The van der Waals surface area contributed by atoms with E-state index in [0.29, 0.717) is 64.6 Å². The van der Waals surface area contributed by atoms with Crippen molar-refractivity contribution >= 4 is 69.4 Å². The van der Waals surface area contributed by atoms with Crippen molar-refractivity contribution in [2.75, 3.05) is 30.9 Å². The summed E-state index contributed by atoms with van der Waals surface area (Å²) in [5.74, 6) is -1.44. The number of ether oxygens (including phenoxy) is 1. The Morgan fingerprint density at radius 2 is 1.63 bits per heavy atom. The quantitative estimate of drug-likeness (QED) is 0.0223. The van der Waals surface area contributed by atoms with E-state index in [1.54, 1.807) is 20.1 Å². The van der Waals surface area contributed by atoms with Crippen molar-refractivity contribution < 1.29 is 34.1 Å². The first-order chi connectivity index (χ1) is 23.0. The van der Waals surface area contributed by atoms with Gasteiger partial charge in [-0.25, -0.2) is 4.79 Å². The number of aliphatic carboxylic acids is 1. The average molecular weight is 935 g/mol. The van der Waals surface area contributed by atoms with Crippen LogP contribution in [0.1, 0.15) is 96.6 Å². The normalized spacial score (nSPS) is 14.1. The number of alkyl halides is 1. The first kappa shape index (κ1) is 46.0. The molecule has 0 aliphatic rings. The van der Waals surface area contributed by atoms with E-state index >= 15 is 0 Å². The summed E-state index contributed by atoms with van der Waals surface area (Å²) in [6, 6.07) is 7.05. The van der Waals surface area contributed by atoms with Gasteiger partial charge < -0.3 is 15.7 Å². The number of rotatable bonds is 26. The van der Waals surface area contributed by atoms with Crippen LogP contribution in [0, 0.1) is 12.3 Å². The number of amides is 2. The molecule has 3 atom stereocenters. The summed E-state index contributed by atoms with van der Waals surface area (Å²) in [7, 11) is 0. The molecule has 0 aliphatic heterocycles. The van der Waals surface area contributed by atoms with E-state index in [9.17, 15) is 29.4 Å². The Morgan fingerprint density at radius 3 is 2.24 bits per heavy atom. The average Bonchev–Trinajstić information content (AvgIpc) is 3.02. The van der Waals surface area contributed by atoms with Crippen LogP contribution in [0.15, 0.2) is 24.3 Å². The second-order valence-corrected chi connectivity index (χ2v) is 25.6. The van der Waals surface area contributed by atoms with Gasteiger partial charge in [0.05, 0.1) is 0 Å². The molecule has 1 rings (SSSR count). The van der Waals surface area contributed by atoms with Crippen LogP contribution in [0.3, 0.4) is 0 Å². The number of carboxylic acids is 1. The maximum atomic E-state index is 13.1. The predicted molar refractivity (Wildman–Crippen MR) is 216 cm³/mol. The number of nitrogens with one attached hydrogen (secondary N) is 4. The number of aliphatic hydroxyl groups is 1. The van der Waals surface area contributed by atoms with Crippen LogP contribution in [-0.4, -0.2) is 87.9 Å². The Bertz CT molecular complexity index is 1160. The van der Waals surface area contributed by atoms with Gasteiger partial charge in [-0.15, -0.1) is 0 Å². The van der Waals surface area contributed by atoms with Crippen LogP contribution >= 0.6 is 46.5 Å². The molecule has 0 radical (unpaired) electrons. The van der Waals surface area contributed by atoms with Gasteiger partial charge in [0, 0.05) is 18.4 Å². The Labute approximate surface area is 315 Å². The van der Waals surface area contributed by atoms with Crippen molar-refractivity contribution in [2.24, 2.45) is 5.41 Å². The molecule has 0 fully saturated rings. The molecule has 49 heavy (non-hydrogen) atoms. The number of carbonyl (C=O) groups excluding carboxylic acids is 3. The van der Waals surface area contributed by atoms with Crippen LogP contribution in [0.2, 0.25) is 0 Å². The van der Waals surface area contributed by atoms with E-state index in [0.717, 1.165) is 12.8 Å². The minimum absolute atomic E-state index is 0.0129. The number of unbranched alkanes of at least 4 members (excludes halogenated alkanes) is 1. The molecule has 11 nitrogen and oxygen atoms in total. The molecule has 0 spiro atoms. The zero-order valence-corrected chi connectivity index (χ0v) is 35.5. The summed E-state index contributed by atoms with van der Waals surface area (Å²) in [4.78, 5) is 51.4. The van der Waals surface area contributed by atoms with Gasteiger partial charge in [-0.05, 0) is 44.6 Å². The number of carbonyl (C=O) groups is 4. The number of aliphatic hydroxyl groups excluding tert-OH is 1. The molecule has 0 saturated carbocycles. The summed E-state index contributed by atoms with van der Waals surface area (Å²) < 4.78 is 9.49. The van der Waals surface area contributed by atoms with Crippen molar-refractivity contribution in [1.29, 1.82) is 0 Å². The fourth-order valence-corrected chi connectivity index (χ4v) is 9.09. The van der Waals surface area contributed by atoms with Gasteiger partial charge in [-0.2, -0.15) is 0 Å². The third-order valence-corrected chi connectivity index (χ3v) is 12.1. The van der Waals surface area contributed by atoms with Gasteiger partial charge in [-0.1, -0.05) is 43.7 Å². The molecular weight excluding hydrogens is 874 g/mol. The van der Waals surface area contributed by atoms with Gasteiger partial charge in [-0.3, -0.25) is 9.59 Å². The molecule has 0 saturated heterocycles. The topological polar surface area (TPSA) is 166 Å². The molecule has 282 valence electrons. The zero-order valence-electron chi connectivity index (χ0n) is 30.3. The van der Waals surface area contributed by atoms with Gasteiger partial charge in [0.15, 0.2) is 0 Å². The van der Waals surface area contributed by atoms with Crippen LogP contribution in [0.4, 0.5) is 0 Å². The van der Waals surface area contributed by atoms with Crippen molar-refractivity contribution in [3.05, 3.63) is 35.4 Å². The molecule has 2 amide bonds. The van der Waals surface area contributed by atoms with Crippen molar-refractivity contribution in [1.82, 2.24) is 19.5 Å². The van der Waals surface area contributed by atoms with E-state index < -0.39 is 45.4 Å². The second-order valence-electron chi connectivity index (χ2n) is 13.7. The third kappa shape index (κ3) is 21.2. The number of thioether (sulfide) groups is 1. The molecule has 6 N–H and O–H groups in total. The Kier molecular flexibility index (Phi) is 22.7. The van der Waals surface area contributed by atoms with E-state index in [1.165, 1.54) is 22.9 Å². The fourth-order valence-electron chi connectivity index (χ4n) is 4.88. The minimum atomic E-state index is -1.33. The maximum absolute atomic E-state index is 13.1. The van der Waals surface area contributed by atoms with Crippen LogP contribution in [0.25, 0.3) is 0 Å². The molecule has 0 aliphatic carbocycles. The predicted octanol–water partition coefficient (Wildman–Crippen LogP) is 5.71. The first-order valence-corrected chi connectivity index (χ1v) is 27.7.